The number of hydrogen-bond donors (Lipinski definition) is 0. The topological polar surface area (TPSA) is 40.9 Å². The molecule has 2 unspecified atom stereocenters. The monoisotopic (exact) mass is 261 g/mol. The summed E-state index contributed by atoms with van der Waals surface area (Å²) in [7, 11) is 0. The van der Waals surface area contributed by atoms with E-state index in [-0.39, 0.29) is 16.9 Å². The van der Waals surface area contributed by atoms with Gasteiger partial charge in [0.25, 0.3) is 0 Å². The predicted octanol–water partition coefficient (Wildman–Crippen LogP) is 3.32. The highest BCUT2D eigenvalue weighted by Gasteiger charge is 2.46. The summed E-state index contributed by atoms with van der Waals surface area (Å²) in [5.41, 5.74) is 0.00564. The quantitative estimate of drug-likeness (QED) is 0.783. The molecule has 1 rings (SSSR count). The lowest BCUT2D eigenvalue weighted by Crippen LogP contribution is -2.30. The fourth-order valence-corrected chi connectivity index (χ4v) is 1.67. The Hall–Kier alpha value is -1.54. The third kappa shape index (κ3) is 2.98. The fraction of sp³-hybridized carbons (Fsp3) is 0.273. The Morgan fingerprint density at radius 2 is 1.94 bits per heavy atom. The van der Waals surface area contributed by atoms with Crippen LogP contribution in [0.3, 0.4) is 0 Å². The minimum atomic E-state index is -4.76. The third-order valence-electron chi connectivity index (χ3n) is 2.26. The molecule has 0 saturated heterocycles. The zero-order valence-corrected chi connectivity index (χ0v) is 9.16. The fourth-order valence-electron chi connectivity index (χ4n) is 1.42. The van der Waals surface area contributed by atoms with Crippen LogP contribution in [0.1, 0.15) is 11.5 Å². The number of alkyl halides is 3. The summed E-state index contributed by atoms with van der Waals surface area (Å²) in [5, 5.41) is 8.84. The Balaban J connectivity index is 3.21. The van der Waals surface area contributed by atoms with Crippen LogP contribution in [0.15, 0.2) is 24.3 Å². The number of carbonyl (C=O) groups excluding carboxylic acids is 1. The van der Waals surface area contributed by atoms with Crippen LogP contribution in [0, 0.1) is 17.2 Å². The molecule has 90 valence electrons. The lowest BCUT2D eigenvalue weighted by Gasteiger charge is -2.20. The van der Waals surface area contributed by atoms with Gasteiger partial charge in [-0.25, -0.2) is 0 Å². The number of rotatable bonds is 3. The Morgan fingerprint density at radius 1 is 1.35 bits per heavy atom. The molecule has 17 heavy (non-hydrogen) atoms. The molecule has 0 N–H and O–H groups in total. The van der Waals surface area contributed by atoms with Crippen molar-refractivity contribution in [2.24, 2.45) is 5.92 Å². The number of nitriles is 1. The smallest absolute Gasteiger partial charge is 0.303 e. The Bertz CT molecular complexity index is 453. The maximum Gasteiger partial charge on any atom is 0.399 e. The van der Waals surface area contributed by atoms with E-state index >= 15 is 0 Å². The molecule has 1 aromatic rings. The Kier molecular flexibility index (Phi) is 4.13. The van der Waals surface area contributed by atoms with Crippen molar-refractivity contribution in [3.63, 3.8) is 0 Å². The van der Waals surface area contributed by atoms with Gasteiger partial charge in [-0.2, -0.15) is 18.4 Å². The second-order valence-corrected chi connectivity index (χ2v) is 3.74. The van der Waals surface area contributed by atoms with Crippen LogP contribution in [0.5, 0.6) is 0 Å². The van der Waals surface area contributed by atoms with Crippen LogP contribution < -0.4 is 0 Å². The average Bonchev–Trinajstić information content (AvgIpc) is 2.25. The zero-order valence-electron chi connectivity index (χ0n) is 8.41. The number of nitrogens with zero attached hydrogens (tertiary/aromatic N) is 1. The normalized spacial score (nSPS) is 14.8. The van der Waals surface area contributed by atoms with Gasteiger partial charge in [-0.1, -0.05) is 29.8 Å². The molecule has 2 nitrogen and oxygen atoms in total. The molecule has 0 fully saturated rings. The first-order valence-electron chi connectivity index (χ1n) is 4.58. The van der Waals surface area contributed by atoms with E-state index in [9.17, 15) is 18.0 Å². The van der Waals surface area contributed by atoms with Crippen LogP contribution in [0.4, 0.5) is 13.2 Å². The Morgan fingerprint density at radius 3 is 2.35 bits per heavy atom. The van der Waals surface area contributed by atoms with Gasteiger partial charge in [0.05, 0.1) is 12.0 Å². The van der Waals surface area contributed by atoms with E-state index in [4.69, 9.17) is 16.9 Å². The lowest BCUT2D eigenvalue weighted by atomic mass is 9.87. The standard InChI is InChI=1S/C11H7ClF3NO/c12-10-4-2-1-3-7(10)8(5-16)9(6-17)11(13,14)15/h1-4,6,8-9H. The van der Waals surface area contributed by atoms with E-state index in [0.29, 0.717) is 0 Å². The van der Waals surface area contributed by atoms with Crippen molar-refractivity contribution in [1.29, 1.82) is 5.26 Å². The molecule has 0 heterocycles. The van der Waals surface area contributed by atoms with Crippen molar-refractivity contribution in [3.8, 4) is 6.07 Å². The van der Waals surface area contributed by atoms with E-state index in [1.165, 1.54) is 30.3 Å². The molecule has 0 aromatic heterocycles. The van der Waals surface area contributed by atoms with Gasteiger partial charge in [-0.3, -0.25) is 0 Å². The zero-order chi connectivity index (χ0) is 13.1. The highest BCUT2D eigenvalue weighted by molar-refractivity contribution is 6.31. The largest absolute Gasteiger partial charge is 0.399 e. The molecule has 0 aliphatic rings. The van der Waals surface area contributed by atoms with Gasteiger partial charge in [-0.05, 0) is 11.6 Å². The molecule has 0 bridgehead atoms. The number of halogens is 4. The summed E-state index contributed by atoms with van der Waals surface area (Å²) < 4.78 is 37.6. The molecule has 0 aliphatic carbocycles. The van der Waals surface area contributed by atoms with Gasteiger partial charge >= 0.3 is 6.18 Å². The third-order valence-corrected chi connectivity index (χ3v) is 2.61. The molecule has 0 aliphatic heterocycles. The molecular formula is C11H7ClF3NO. The van der Waals surface area contributed by atoms with Crippen molar-refractivity contribution in [2.75, 3.05) is 0 Å². The van der Waals surface area contributed by atoms with Crippen LogP contribution in [-0.2, 0) is 4.79 Å². The van der Waals surface area contributed by atoms with Crippen molar-refractivity contribution >= 4 is 17.9 Å². The number of carbonyl (C=O) groups is 1. The van der Waals surface area contributed by atoms with Gasteiger partial charge in [0.15, 0.2) is 0 Å². The maximum atomic E-state index is 12.5. The second kappa shape index (κ2) is 5.19. The Labute approximate surface area is 101 Å². The van der Waals surface area contributed by atoms with Gasteiger partial charge in [0.1, 0.15) is 12.2 Å². The summed E-state index contributed by atoms with van der Waals surface area (Å²) in [6.07, 6.45) is -5.03. The summed E-state index contributed by atoms with van der Waals surface area (Å²) >= 11 is 5.71. The average molecular weight is 262 g/mol. The van der Waals surface area contributed by atoms with E-state index < -0.39 is 18.0 Å². The molecule has 2 atom stereocenters. The molecular weight excluding hydrogens is 255 g/mol. The van der Waals surface area contributed by atoms with Gasteiger partial charge in [-0.15, -0.1) is 0 Å². The number of hydrogen-bond acceptors (Lipinski definition) is 2. The first-order valence-corrected chi connectivity index (χ1v) is 4.95. The van der Waals surface area contributed by atoms with Gasteiger partial charge < -0.3 is 4.79 Å². The van der Waals surface area contributed by atoms with Crippen LogP contribution >= 0.6 is 11.6 Å². The number of aldehydes is 1. The summed E-state index contributed by atoms with van der Waals surface area (Å²) in [6.45, 7) is 0. The van der Waals surface area contributed by atoms with Crippen LogP contribution in [-0.4, -0.2) is 12.5 Å². The second-order valence-electron chi connectivity index (χ2n) is 3.33. The number of benzene rings is 1. The van der Waals surface area contributed by atoms with Crippen molar-refractivity contribution in [1.82, 2.24) is 0 Å². The highest BCUT2D eigenvalue weighted by Crippen LogP contribution is 2.38. The van der Waals surface area contributed by atoms with Crippen molar-refractivity contribution in [3.05, 3.63) is 34.9 Å². The minimum Gasteiger partial charge on any atom is -0.303 e. The summed E-state index contributed by atoms with van der Waals surface area (Å²) in [4.78, 5) is 10.5. The minimum absolute atomic E-state index is 0.00564. The van der Waals surface area contributed by atoms with E-state index in [1.54, 1.807) is 0 Å². The highest BCUT2D eigenvalue weighted by atomic mass is 35.5. The molecule has 0 amide bonds. The molecule has 0 saturated carbocycles. The summed E-state index contributed by atoms with van der Waals surface area (Å²) in [6, 6.07) is 7.15. The van der Waals surface area contributed by atoms with E-state index in [1.807, 2.05) is 0 Å². The van der Waals surface area contributed by atoms with E-state index in [2.05, 4.69) is 0 Å². The summed E-state index contributed by atoms with van der Waals surface area (Å²) in [5.74, 6) is -3.99. The molecule has 6 heteroatoms. The van der Waals surface area contributed by atoms with Crippen LogP contribution in [0.2, 0.25) is 5.02 Å². The molecule has 0 radical (unpaired) electrons. The van der Waals surface area contributed by atoms with E-state index in [0.717, 1.165) is 0 Å². The van der Waals surface area contributed by atoms with Gasteiger partial charge in [0, 0.05) is 5.02 Å². The van der Waals surface area contributed by atoms with Crippen molar-refractivity contribution in [2.45, 2.75) is 12.1 Å². The SMILES string of the molecule is N#CC(c1ccccc1Cl)C(C=O)C(F)(F)F. The first kappa shape index (κ1) is 13.5. The maximum absolute atomic E-state index is 12.5. The van der Waals surface area contributed by atoms with Gasteiger partial charge in [0.2, 0.25) is 0 Å². The molecule has 1 aromatic carbocycles. The molecule has 0 spiro atoms. The van der Waals surface area contributed by atoms with Crippen LogP contribution in [0.25, 0.3) is 0 Å². The van der Waals surface area contributed by atoms with Crippen molar-refractivity contribution < 1.29 is 18.0 Å². The predicted molar refractivity (Wildman–Crippen MR) is 55.4 cm³/mol. The first-order chi connectivity index (χ1) is 7.91. The lowest BCUT2D eigenvalue weighted by molar-refractivity contribution is -0.176.